The number of nitrogens with zero attached hydrogens (tertiary/aromatic N) is 1. The summed E-state index contributed by atoms with van der Waals surface area (Å²) in [5, 5.41) is 3.52. The van der Waals surface area contributed by atoms with Gasteiger partial charge in [-0.2, -0.15) is 0 Å². The van der Waals surface area contributed by atoms with Gasteiger partial charge in [0.05, 0.1) is 0 Å². The van der Waals surface area contributed by atoms with E-state index in [-0.39, 0.29) is 0 Å². The maximum absolute atomic E-state index is 3.52. The Morgan fingerprint density at radius 2 is 2.00 bits per heavy atom. The van der Waals surface area contributed by atoms with Crippen LogP contribution < -0.4 is 5.32 Å². The highest BCUT2D eigenvalue weighted by molar-refractivity contribution is 4.89. The molecule has 0 aromatic carbocycles. The molecule has 2 saturated heterocycles. The van der Waals surface area contributed by atoms with E-state index >= 15 is 0 Å². The Morgan fingerprint density at radius 1 is 1.20 bits per heavy atom. The Hall–Kier alpha value is -0.0800. The first-order valence-electron chi connectivity index (χ1n) is 6.68. The molecule has 0 aromatic heterocycles. The van der Waals surface area contributed by atoms with Crippen LogP contribution in [0.4, 0.5) is 0 Å². The Labute approximate surface area is 94.4 Å². The van der Waals surface area contributed by atoms with Crippen LogP contribution in [0.1, 0.15) is 40.0 Å². The van der Waals surface area contributed by atoms with Crippen LogP contribution in [0.2, 0.25) is 0 Å². The number of likely N-dealkylation sites (tertiary alicyclic amines) is 1. The zero-order valence-electron chi connectivity index (χ0n) is 10.5. The van der Waals surface area contributed by atoms with Crippen LogP contribution in [-0.2, 0) is 0 Å². The monoisotopic (exact) mass is 210 g/mol. The summed E-state index contributed by atoms with van der Waals surface area (Å²) >= 11 is 0. The van der Waals surface area contributed by atoms with Crippen molar-refractivity contribution in [1.29, 1.82) is 0 Å². The largest absolute Gasteiger partial charge is 0.316 e. The maximum atomic E-state index is 3.52. The first-order valence-corrected chi connectivity index (χ1v) is 6.68. The molecule has 4 atom stereocenters. The van der Waals surface area contributed by atoms with Gasteiger partial charge in [-0.15, -0.1) is 0 Å². The molecular weight excluding hydrogens is 184 g/mol. The number of hydrogen-bond acceptors (Lipinski definition) is 2. The van der Waals surface area contributed by atoms with Crippen LogP contribution in [0, 0.1) is 11.8 Å². The second-order valence-electron chi connectivity index (χ2n) is 5.58. The van der Waals surface area contributed by atoms with E-state index in [1.807, 2.05) is 0 Å². The van der Waals surface area contributed by atoms with Gasteiger partial charge in [0.1, 0.15) is 0 Å². The fourth-order valence-corrected chi connectivity index (χ4v) is 3.27. The predicted molar refractivity (Wildman–Crippen MR) is 65.0 cm³/mol. The molecule has 2 aliphatic heterocycles. The SMILES string of the molecule is CCC1CCC(C)N1C[C@@H]1CNC[C@H]1C. The third kappa shape index (κ3) is 2.36. The average Bonchev–Trinajstić information content (AvgIpc) is 2.77. The van der Waals surface area contributed by atoms with E-state index in [9.17, 15) is 0 Å². The second kappa shape index (κ2) is 4.84. The molecule has 2 fully saturated rings. The van der Waals surface area contributed by atoms with Gasteiger partial charge in [-0.3, -0.25) is 4.90 Å². The van der Waals surface area contributed by atoms with Gasteiger partial charge in [-0.05, 0) is 51.1 Å². The van der Waals surface area contributed by atoms with E-state index in [1.165, 1.54) is 38.9 Å². The highest BCUT2D eigenvalue weighted by Crippen LogP contribution is 2.29. The summed E-state index contributed by atoms with van der Waals surface area (Å²) in [7, 11) is 0. The lowest BCUT2D eigenvalue weighted by molar-refractivity contribution is 0.159. The van der Waals surface area contributed by atoms with E-state index in [2.05, 4.69) is 31.0 Å². The lowest BCUT2D eigenvalue weighted by Crippen LogP contribution is -2.39. The molecule has 0 radical (unpaired) electrons. The Kier molecular flexibility index (Phi) is 3.68. The lowest BCUT2D eigenvalue weighted by Gasteiger charge is -2.31. The van der Waals surface area contributed by atoms with Crippen LogP contribution in [0.5, 0.6) is 0 Å². The van der Waals surface area contributed by atoms with Crippen molar-refractivity contribution in [3.8, 4) is 0 Å². The van der Waals surface area contributed by atoms with Crippen molar-refractivity contribution in [3.63, 3.8) is 0 Å². The molecule has 2 heterocycles. The molecule has 0 amide bonds. The molecule has 0 bridgehead atoms. The Bertz CT molecular complexity index is 205. The van der Waals surface area contributed by atoms with Crippen molar-refractivity contribution in [2.24, 2.45) is 11.8 Å². The summed E-state index contributed by atoms with van der Waals surface area (Å²) < 4.78 is 0. The van der Waals surface area contributed by atoms with Gasteiger partial charge >= 0.3 is 0 Å². The highest BCUT2D eigenvalue weighted by Gasteiger charge is 2.33. The van der Waals surface area contributed by atoms with E-state index in [1.54, 1.807) is 0 Å². The molecule has 0 aliphatic carbocycles. The highest BCUT2D eigenvalue weighted by atomic mass is 15.2. The van der Waals surface area contributed by atoms with Gasteiger partial charge < -0.3 is 5.32 Å². The molecule has 2 unspecified atom stereocenters. The van der Waals surface area contributed by atoms with Gasteiger partial charge in [-0.1, -0.05) is 13.8 Å². The van der Waals surface area contributed by atoms with Crippen molar-refractivity contribution < 1.29 is 0 Å². The second-order valence-corrected chi connectivity index (χ2v) is 5.58. The smallest absolute Gasteiger partial charge is 0.00961 e. The van der Waals surface area contributed by atoms with Crippen molar-refractivity contribution >= 4 is 0 Å². The standard InChI is InChI=1S/C13H26N2/c1-4-13-6-5-11(3)15(13)9-12-8-14-7-10(12)2/h10-14H,4-9H2,1-3H3/t10-,11?,12+,13?/m1/s1. The Balaban J connectivity index is 1.91. The minimum atomic E-state index is 0.822. The molecule has 2 nitrogen and oxygen atoms in total. The fraction of sp³-hybridized carbons (Fsp3) is 1.00. The van der Waals surface area contributed by atoms with Gasteiger partial charge in [0.15, 0.2) is 0 Å². The first kappa shape index (κ1) is 11.4. The number of hydrogen-bond donors (Lipinski definition) is 1. The summed E-state index contributed by atoms with van der Waals surface area (Å²) in [5.74, 6) is 1.76. The summed E-state index contributed by atoms with van der Waals surface area (Å²) in [5.41, 5.74) is 0. The molecule has 2 aliphatic rings. The predicted octanol–water partition coefficient (Wildman–Crippen LogP) is 2.10. The molecule has 15 heavy (non-hydrogen) atoms. The first-order chi connectivity index (χ1) is 7.22. The number of rotatable bonds is 3. The van der Waals surface area contributed by atoms with E-state index in [0.29, 0.717) is 0 Å². The molecule has 88 valence electrons. The number of nitrogens with one attached hydrogen (secondary N) is 1. The van der Waals surface area contributed by atoms with Crippen molar-refractivity contribution in [1.82, 2.24) is 10.2 Å². The van der Waals surface area contributed by atoms with Gasteiger partial charge in [0, 0.05) is 18.6 Å². The van der Waals surface area contributed by atoms with Crippen LogP contribution in [0.15, 0.2) is 0 Å². The zero-order valence-corrected chi connectivity index (χ0v) is 10.5. The third-order valence-electron chi connectivity index (χ3n) is 4.55. The molecule has 0 aromatic rings. The average molecular weight is 210 g/mol. The fourth-order valence-electron chi connectivity index (χ4n) is 3.27. The molecular formula is C13H26N2. The molecule has 2 heteroatoms. The van der Waals surface area contributed by atoms with Crippen molar-refractivity contribution in [3.05, 3.63) is 0 Å². The molecule has 1 N–H and O–H groups in total. The van der Waals surface area contributed by atoms with E-state index in [0.717, 1.165) is 23.9 Å². The van der Waals surface area contributed by atoms with E-state index in [4.69, 9.17) is 0 Å². The van der Waals surface area contributed by atoms with Crippen LogP contribution in [0.3, 0.4) is 0 Å². The maximum Gasteiger partial charge on any atom is 0.00961 e. The molecule has 0 saturated carbocycles. The topological polar surface area (TPSA) is 15.3 Å². The molecule has 2 rings (SSSR count). The van der Waals surface area contributed by atoms with Gasteiger partial charge in [-0.25, -0.2) is 0 Å². The van der Waals surface area contributed by atoms with Crippen molar-refractivity contribution in [2.45, 2.75) is 52.1 Å². The van der Waals surface area contributed by atoms with Gasteiger partial charge in [0.2, 0.25) is 0 Å². The summed E-state index contributed by atoms with van der Waals surface area (Å²) in [6.07, 6.45) is 4.16. The van der Waals surface area contributed by atoms with Crippen LogP contribution >= 0.6 is 0 Å². The minimum Gasteiger partial charge on any atom is -0.316 e. The zero-order chi connectivity index (χ0) is 10.8. The quantitative estimate of drug-likeness (QED) is 0.767. The van der Waals surface area contributed by atoms with E-state index < -0.39 is 0 Å². The third-order valence-corrected chi connectivity index (χ3v) is 4.55. The Morgan fingerprint density at radius 3 is 2.60 bits per heavy atom. The summed E-state index contributed by atoms with van der Waals surface area (Å²) in [6.45, 7) is 10.9. The van der Waals surface area contributed by atoms with Crippen LogP contribution in [-0.4, -0.2) is 36.6 Å². The van der Waals surface area contributed by atoms with Crippen LogP contribution in [0.25, 0.3) is 0 Å². The normalized spacial score (nSPS) is 42.6. The van der Waals surface area contributed by atoms with Gasteiger partial charge in [0.25, 0.3) is 0 Å². The summed E-state index contributed by atoms with van der Waals surface area (Å²) in [4.78, 5) is 2.77. The minimum absolute atomic E-state index is 0.822. The lowest BCUT2D eigenvalue weighted by atomic mass is 9.97. The molecule has 0 spiro atoms. The van der Waals surface area contributed by atoms with Crippen molar-refractivity contribution in [2.75, 3.05) is 19.6 Å². The summed E-state index contributed by atoms with van der Waals surface area (Å²) in [6, 6.07) is 1.69.